The van der Waals surface area contributed by atoms with Gasteiger partial charge in [0.2, 0.25) is 0 Å². The smallest absolute Gasteiger partial charge is 0.0670 e. The van der Waals surface area contributed by atoms with Gasteiger partial charge in [0.15, 0.2) is 0 Å². The van der Waals surface area contributed by atoms with Crippen LogP contribution in [0.5, 0.6) is 0 Å². The van der Waals surface area contributed by atoms with Gasteiger partial charge in [-0.2, -0.15) is 11.3 Å². The highest BCUT2D eigenvalue weighted by Gasteiger charge is 2.29. The van der Waals surface area contributed by atoms with Gasteiger partial charge in [-0.3, -0.25) is 4.90 Å². The predicted octanol–water partition coefficient (Wildman–Crippen LogP) is 6.43. The van der Waals surface area contributed by atoms with Crippen molar-refractivity contribution in [3.8, 4) is 0 Å². The summed E-state index contributed by atoms with van der Waals surface area (Å²) in [6, 6.07) is 17.0. The molecule has 2 heterocycles. The predicted molar refractivity (Wildman–Crippen MR) is 117 cm³/mol. The molecule has 0 aliphatic carbocycles. The van der Waals surface area contributed by atoms with Gasteiger partial charge in [0.05, 0.1) is 16.8 Å². The average molecular weight is 417 g/mol. The summed E-state index contributed by atoms with van der Waals surface area (Å²) in [7, 11) is 0. The van der Waals surface area contributed by atoms with Crippen LogP contribution in [0.4, 0.5) is 5.69 Å². The first kappa shape index (κ1) is 18.8. The molecular formula is C22H22Cl2N2S. The number of halogens is 2. The minimum absolute atomic E-state index is 0.245. The summed E-state index contributed by atoms with van der Waals surface area (Å²) in [6.07, 6.45) is 0. The molecule has 0 bridgehead atoms. The third kappa shape index (κ3) is 4.33. The standard InChI is InChI=1S/C22H22Cl2N2S/c1-16-2-7-21(20(24)12-16)26-10-9-25(13-17-8-11-27-15-17)14-22(26)18-3-5-19(23)6-4-18/h2-8,11-12,15,22H,9-10,13-14H2,1H3. The Kier molecular flexibility index (Phi) is 5.74. The summed E-state index contributed by atoms with van der Waals surface area (Å²) in [5, 5.41) is 5.97. The lowest BCUT2D eigenvalue weighted by Gasteiger charge is -2.43. The van der Waals surface area contributed by atoms with Crippen molar-refractivity contribution in [2.45, 2.75) is 19.5 Å². The van der Waals surface area contributed by atoms with Gasteiger partial charge in [-0.05, 0) is 64.7 Å². The molecule has 27 heavy (non-hydrogen) atoms. The molecule has 5 heteroatoms. The van der Waals surface area contributed by atoms with Crippen molar-refractivity contribution < 1.29 is 0 Å². The molecule has 0 radical (unpaired) electrons. The molecule has 1 aliphatic rings. The van der Waals surface area contributed by atoms with Gasteiger partial charge >= 0.3 is 0 Å². The Balaban J connectivity index is 1.64. The van der Waals surface area contributed by atoms with E-state index in [9.17, 15) is 0 Å². The second-order valence-electron chi connectivity index (χ2n) is 7.08. The van der Waals surface area contributed by atoms with Gasteiger partial charge in [-0.1, -0.05) is 41.4 Å². The van der Waals surface area contributed by atoms with Crippen molar-refractivity contribution in [3.63, 3.8) is 0 Å². The summed E-state index contributed by atoms with van der Waals surface area (Å²) in [6.45, 7) is 5.99. The zero-order valence-corrected chi connectivity index (χ0v) is 17.6. The first-order chi connectivity index (χ1) is 13.1. The molecule has 1 unspecified atom stereocenters. The van der Waals surface area contributed by atoms with Crippen molar-refractivity contribution in [1.82, 2.24) is 4.90 Å². The summed E-state index contributed by atoms with van der Waals surface area (Å²) >= 11 is 14.5. The Morgan fingerprint density at radius 3 is 2.56 bits per heavy atom. The topological polar surface area (TPSA) is 6.48 Å². The van der Waals surface area contributed by atoms with E-state index in [0.29, 0.717) is 0 Å². The maximum Gasteiger partial charge on any atom is 0.0670 e. The minimum atomic E-state index is 0.245. The van der Waals surface area contributed by atoms with Crippen LogP contribution in [0.1, 0.15) is 22.7 Å². The first-order valence-electron chi connectivity index (χ1n) is 9.12. The van der Waals surface area contributed by atoms with Crippen LogP contribution in [0.25, 0.3) is 0 Å². The fourth-order valence-corrected chi connectivity index (χ4v) is 4.86. The van der Waals surface area contributed by atoms with Crippen LogP contribution in [0.2, 0.25) is 10.0 Å². The van der Waals surface area contributed by atoms with E-state index in [1.54, 1.807) is 11.3 Å². The summed E-state index contributed by atoms with van der Waals surface area (Å²) < 4.78 is 0. The van der Waals surface area contributed by atoms with Gasteiger partial charge in [-0.15, -0.1) is 0 Å². The maximum absolute atomic E-state index is 6.62. The summed E-state index contributed by atoms with van der Waals surface area (Å²) in [5.41, 5.74) is 4.95. The molecule has 1 aliphatic heterocycles. The van der Waals surface area contributed by atoms with Crippen LogP contribution in [0.3, 0.4) is 0 Å². The fourth-order valence-electron chi connectivity index (χ4n) is 3.73. The second kappa shape index (κ2) is 8.24. The van der Waals surface area contributed by atoms with E-state index in [1.165, 1.54) is 16.7 Å². The van der Waals surface area contributed by atoms with E-state index in [2.05, 4.69) is 57.8 Å². The molecule has 0 saturated carbocycles. The van der Waals surface area contributed by atoms with Crippen molar-refractivity contribution in [2.24, 2.45) is 0 Å². The highest BCUT2D eigenvalue weighted by Crippen LogP contribution is 2.36. The van der Waals surface area contributed by atoms with E-state index >= 15 is 0 Å². The molecule has 4 rings (SSSR count). The van der Waals surface area contributed by atoms with Crippen LogP contribution >= 0.6 is 34.5 Å². The largest absolute Gasteiger partial charge is 0.361 e. The van der Waals surface area contributed by atoms with Crippen molar-refractivity contribution in [3.05, 3.63) is 86.0 Å². The Labute approximate surface area is 174 Å². The Morgan fingerprint density at radius 2 is 1.85 bits per heavy atom. The number of rotatable bonds is 4. The summed E-state index contributed by atoms with van der Waals surface area (Å²) in [5.74, 6) is 0. The molecule has 1 aromatic heterocycles. The molecule has 2 aromatic carbocycles. The van der Waals surface area contributed by atoms with E-state index in [-0.39, 0.29) is 6.04 Å². The zero-order valence-electron chi connectivity index (χ0n) is 15.2. The number of aryl methyl sites for hydroxylation is 1. The lowest BCUT2D eigenvalue weighted by Crippen LogP contribution is -2.48. The van der Waals surface area contributed by atoms with Gasteiger partial charge in [-0.25, -0.2) is 0 Å². The van der Waals surface area contributed by atoms with Crippen LogP contribution in [-0.2, 0) is 6.54 Å². The fraction of sp³-hybridized carbons (Fsp3) is 0.273. The Bertz CT molecular complexity index is 893. The Morgan fingerprint density at radius 1 is 1.04 bits per heavy atom. The molecule has 0 N–H and O–H groups in total. The van der Waals surface area contributed by atoms with Gasteiger partial charge < -0.3 is 4.90 Å². The molecule has 0 spiro atoms. The van der Waals surface area contributed by atoms with Crippen LogP contribution in [0.15, 0.2) is 59.3 Å². The molecule has 0 amide bonds. The minimum Gasteiger partial charge on any atom is -0.361 e. The van der Waals surface area contributed by atoms with Crippen molar-refractivity contribution in [2.75, 3.05) is 24.5 Å². The number of nitrogens with zero attached hydrogens (tertiary/aromatic N) is 2. The molecule has 1 fully saturated rings. The van der Waals surface area contributed by atoms with Crippen LogP contribution in [0, 0.1) is 6.92 Å². The van der Waals surface area contributed by atoms with Crippen molar-refractivity contribution >= 4 is 40.2 Å². The quantitative estimate of drug-likeness (QED) is 0.483. The third-order valence-electron chi connectivity index (χ3n) is 5.12. The number of hydrogen-bond acceptors (Lipinski definition) is 3. The van der Waals surface area contributed by atoms with E-state index in [1.807, 2.05) is 18.2 Å². The van der Waals surface area contributed by atoms with Gasteiger partial charge in [0.25, 0.3) is 0 Å². The van der Waals surface area contributed by atoms with E-state index < -0.39 is 0 Å². The molecular weight excluding hydrogens is 395 g/mol. The molecule has 140 valence electrons. The highest BCUT2D eigenvalue weighted by atomic mass is 35.5. The lowest BCUT2D eigenvalue weighted by atomic mass is 10.0. The zero-order chi connectivity index (χ0) is 18.8. The second-order valence-corrected chi connectivity index (χ2v) is 8.71. The Hall–Kier alpha value is -1.52. The lowest BCUT2D eigenvalue weighted by molar-refractivity contribution is 0.216. The van der Waals surface area contributed by atoms with E-state index in [4.69, 9.17) is 23.2 Å². The average Bonchev–Trinajstić information content (AvgIpc) is 3.16. The maximum atomic E-state index is 6.62. The van der Waals surface area contributed by atoms with Crippen LogP contribution in [-0.4, -0.2) is 24.5 Å². The first-order valence-corrected chi connectivity index (χ1v) is 10.8. The van der Waals surface area contributed by atoms with Crippen molar-refractivity contribution in [1.29, 1.82) is 0 Å². The number of piperazine rings is 1. The number of anilines is 1. The normalized spacial score (nSPS) is 18.0. The monoisotopic (exact) mass is 416 g/mol. The van der Waals surface area contributed by atoms with Gasteiger partial charge in [0.1, 0.15) is 0 Å². The SMILES string of the molecule is Cc1ccc(N2CCN(Cc3ccsc3)CC2c2ccc(Cl)cc2)c(Cl)c1. The number of hydrogen-bond donors (Lipinski definition) is 0. The molecule has 1 atom stereocenters. The third-order valence-corrected chi connectivity index (χ3v) is 6.40. The van der Waals surface area contributed by atoms with Gasteiger partial charge in [0, 0.05) is 31.2 Å². The molecule has 1 saturated heterocycles. The summed E-state index contributed by atoms with van der Waals surface area (Å²) in [4.78, 5) is 4.97. The highest BCUT2D eigenvalue weighted by molar-refractivity contribution is 7.07. The number of benzene rings is 2. The van der Waals surface area contributed by atoms with E-state index in [0.717, 1.165) is 41.9 Å². The number of thiophene rings is 1. The molecule has 3 aromatic rings. The molecule has 2 nitrogen and oxygen atoms in total. The van der Waals surface area contributed by atoms with Crippen LogP contribution < -0.4 is 4.90 Å².